The maximum Gasteiger partial charge on any atom is 0.350 e. The number of aryl methyl sites for hydroxylation is 1. The molecule has 0 saturated carbocycles. The monoisotopic (exact) mass is 222 g/mol. The summed E-state index contributed by atoms with van der Waals surface area (Å²) >= 11 is 0. The van der Waals surface area contributed by atoms with Crippen molar-refractivity contribution in [1.29, 1.82) is 0 Å². The molecule has 0 spiro atoms. The van der Waals surface area contributed by atoms with Crippen molar-refractivity contribution in [2.45, 2.75) is 6.92 Å². The fraction of sp³-hybridized carbons (Fsp3) is 0.125. The van der Waals surface area contributed by atoms with Crippen LogP contribution in [-0.2, 0) is 0 Å². The van der Waals surface area contributed by atoms with Gasteiger partial charge in [-0.2, -0.15) is 4.40 Å². The Balaban J connectivity index is 2.79. The van der Waals surface area contributed by atoms with Crippen molar-refractivity contribution >= 4 is 17.2 Å². The van der Waals surface area contributed by atoms with Crippen LogP contribution in [0.4, 0.5) is 11.5 Å². The van der Waals surface area contributed by atoms with Gasteiger partial charge in [-0.05, 0) is 11.8 Å². The van der Waals surface area contributed by atoms with E-state index in [0.29, 0.717) is 5.65 Å². The van der Waals surface area contributed by atoms with Crippen LogP contribution < -0.4 is 0 Å². The van der Waals surface area contributed by atoms with Crippen molar-refractivity contribution in [3.8, 4) is 0 Å². The van der Waals surface area contributed by atoms with Crippen LogP contribution in [0.5, 0.6) is 0 Å². The largest absolute Gasteiger partial charge is 0.358 e. The van der Waals surface area contributed by atoms with E-state index in [1.54, 1.807) is 0 Å². The lowest BCUT2D eigenvalue weighted by Gasteiger charge is -1.94. The van der Waals surface area contributed by atoms with E-state index in [2.05, 4.69) is 4.98 Å². The van der Waals surface area contributed by atoms with E-state index in [4.69, 9.17) is 0 Å². The Morgan fingerprint density at radius 2 is 1.94 bits per heavy atom. The summed E-state index contributed by atoms with van der Waals surface area (Å²) in [4.78, 5) is 24.0. The molecular formula is C8H6N4O4. The first-order valence-corrected chi connectivity index (χ1v) is 4.28. The number of rotatable bonds is 2. The zero-order chi connectivity index (χ0) is 11.9. The van der Waals surface area contributed by atoms with Crippen molar-refractivity contribution < 1.29 is 9.85 Å². The Morgan fingerprint density at radius 3 is 2.50 bits per heavy atom. The SMILES string of the molecule is Cc1nc2ccc([N+](=O)[O-])cn2c1[N+](=O)[O-]. The summed E-state index contributed by atoms with van der Waals surface area (Å²) in [5, 5.41) is 21.3. The Morgan fingerprint density at radius 1 is 1.25 bits per heavy atom. The second-order valence-electron chi connectivity index (χ2n) is 3.15. The summed E-state index contributed by atoms with van der Waals surface area (Å²) in [5.74, 6) is -0.251. The molecule has 16 heavy (non-hydrogen) atoms. The molecular weight excluding hydrogens is 216 g/mol. The van der Waals surface area contributed by atoms with Crippen molar-refractivity contribution in [1.82, 2.24) is 9.38 Å². The number of nitrogens with zero attached hydrogens (tertiary/aromatic N) is 4. The molecule has 0 aliphatic rings. The van der Waals surface area contributed by atoms with Gasteiger partial charge in [0, 0.05) is 12.1 Å². The molecule has 82 valence electrons. The highest BCUT2D eigenvalue weighted by atomic mass is 16.6. The third kappa shape index (κ3) is 1.36. The quantitative estimate of drug-likeness (QED) is 0.565. The minimum atomic E-state index is -0.613. The lowest BCUT2D eigenvalue weighted by molar-refractivity contribution is -0.392. The van der Waals surface area contributed by atoms with Gasteiger partial charge in [-0.3, -0.25) is 10.1 Å². The molecule has 0 saturated heterocycles. The van der Waals surface area contributed by atoms with E-state index >= 15 is 0 Å². The first-order chi connectivity index (χ1) is 7.50. The van der Waals surface area contributed by atoms with Crippen molar-refractivity contribution in [3.05, 3.63) is 44.3 Å². The standard InChI is InChI=1S/C8H6N4O4/c1-5-8(12(15)16)10-4-6(11(13)14)2-3-7(10)9-5/h2-4H,1H3. The number of aromatic nitrogens is 2. The number of hydrogen-bond donors (Lipinski definition) is 0. The second-order valence-corrected chi connectivity index (χ2v) is 3.15. The highest BCUT2D eigenvalue weighted by molar-refractivity contribution is 5.52. The van der Waals surface area contributed by atoms with Crippen LogP contribution in [-0.4, -0.2) is 19.2 Å². The molecule has 2 rings (SSSR count). The molecule has 8 nitrogen and oxygen atoms in total. The van der Waals surface area contributed by atoms with Crippen LogP contribution in [0, 0.1) is 27.2 Å². The van der Waals surface area contributed by atoms with Gasteiger partial charge in [0.25, 0.3) is 0 Å². The average molecular weight is 222 g/mol. The van der Waals surface area contributed by atoms with E-state index in [1.165, 1.54) is 19.1 Å². The third-order valence-electron chi connectivity index (χ3n) is 2.13. The molecule has 0 fully saturated rings. The number of nitro groups is 2. The summed E-state index contributed by atoms with van der Waals surface area (Å²) in [5.41, 5.74) is 0.327. The molecule has 0 aromatic carbocycles. The van der Waals surface area contributed by atoms with Crippen molar-refractivity contribution in [2.75, 3.05) is 0 Å². The Labute approximate surface area is 88.4 Å². The maximum absolute atomic E-state index is 10.8. The predicted octanol–water partition coefficient (Wildman–Crippen LogP) is 1.46. The van der Waals surface area contributed by atoms with Gasteiger partial charge in [0.1, 0.15) is 5.69 Å². The van der Waals surface area contributed by atoms with Gasteiger partial charge in [0.05, 0.1) is 4.92 Å². The summed E-state index contributed by atoms with van der Waals surface area (Å²) in [6.45, 7) is 1.48. The summed E-state index contributed by atoms with van der Waals surface area (Å²) in [6, 6.07) is 2.63. The van der Waals surface area contributed by atoms with Crippen molar-refractivity contribution in [3.63, 3.8) is 0 Å². The molecule has 0 N–H and O–H groups in total. The van der Waals surface area contributed by atoms with Crippen LogP contribution in [0.3, 0.4) is 0 Å². The van der Waals surface area contributed by atoms with Gasteiger partial charge in [-0.15, -0.1) is 0 Å². The van der Waals surface area contributed by atoms with Crippen LogP contribution in [0.2, 0.25) is 0 Å². The van der Waals surface area contributed by atoms with E-state index < -0.39 is 9.85 Å². The summed E-state index contributed by atoms with van der Waals surface area (Å²) in [6.07, 6.45) is 1.09. The fourth-order valence-electron chi connectivity index (χ4n) is 1.47. The van der Waals surface area contributed by atoms with Crippen LogP contribution in [0.15, 0.2) is 18.3 Å². The first-order valence-electron chi connectivity index (χ1n) is 4.28. The summed E-state index contributed by atoms with van der Waals surface area (Å²) in [7, 11) is 0. The molecule has 0 bridgehead atoms. The predicted molar refractivity (Wildman–Crippen MR) is 53.2 cm³/mol. The zero-order valence-electron chi connectivity index (χ0n) is 8.15. The lowest BCUT2D eigenvalue weighted by Crippen LogP contribution is -1.97. The molecule has 0 aliphatic heterocycles. The Bertz CT molecular complexity index is 603. The van der Waals surface area contributed by atoms with Crippen LogP contribution in [0.25, 0.3) is 5.65 Å². The molecule has 0 atom stereocenters. The van der Waals surface area contributed by atoms with Crippen LogP contribution >= 0.6 is 0 Å². The molecule has 8 heteroatoms. The summed E-state index contributed by atoms with van der Waals surface area (Å²) < 4.78 is 1.10. The second kappa shape index (κ2) is 3.26. The minimum Gasteiger partial charge on any atom is -0.358 e. The van der Waals surface area contributed by atoms with Gasteiger partial charge in [-0.25, -0.2) is 4.98 Å². The molecule has 0 amide bonds. The van der Waals surface area contributed by atoms with Crippen LogP contribution in [0.1, 0.15) is 5.69 Å². The van der Waals surface area contributed by atoms with E-state index in [9.17, 15) is 20.2 Å². The fourth-order valence-corrected chi connectivity index (χ4v) is 1.47. The number of imidazole rings is 1. The first kappa shape index (κ1) is 10.0. The third-order valence-corrected chi connectivity index (χ3v) is 2.13. The minimum absolute atomic E-state index is 0.215. The van der Waals surface area contributed by atoms with Gasteiger partial charge < -0.3 is 10.1 Å². The highest BCUT2D eigenvalue weighted by Gasteiger charge is 2.21. The molecule has 2 heterocycles. The van der Waals surface area contributed by atoms with E-state index in [-0.39, 0.29) is 17.2 Å². The molecule has 0 radical (unpaired) electrons. The van der Waals surface area contributed by atoms with Gasteiger partial charge >= 0.3 is 11.5 Å². The smallest absolute Gasteiger partial charge is 0.350 e. The molecule has 2 aromatic rings. The lowest BCUT2D eigenvalue weighted by atomic mass is 10.4. The average Bonchev–Trinajstić information content (AvgIpc) is 2.51. The normalized spacial score (nSPS) is 10.6. The van der Waals surface area contributed by atoms with E-state index in [0.717, 1.165) is 10.6 Å². The maximum atomic E-state index is 10.8. The molecule has 2 aromatic heterocycles. The van der Waals surface area contributed by atoms with Gasteiger partial charge in [-0.1, -0.05) is 0 Å². The highest BCUT2D eigenvalue weighted by Crippen LogP contribution is 2.22. The van der Waals surface area contributed by atoms with Gasteiger partial charge in [0.2, 0.25) is 5.65 Å². The topological polar surface area (TPSA) is 104 Å². The molecule has 0 unspecified atom stereocenters. The van der Waals surface area contributed by atoms with Gasteiger partial charge in [0.15, 0.2) is 6.20 Å². The van der Waals surface area contributed by atoms with Crippen molar-refractivity contribution in [2.24, 2.45) is 0 Å². The molecule has 0 aliphatic carbocycles. The number of hydrogen-bond acceptors (Lipinski definition) is 5. The number of fused-ring (bicyclic) bond motifs is 1. The number of pyridine rings is 1. The Hall–Kier alpha value is -2.51. The Kier molecular flexibility index (Phi) is 2.04. The van der Waals surface area contributed by atoms with E-state index in [1.807, 2.05) is 0 Å². The zero-order valence-corrected chi connectivity index (χ0v) is 8.15.